The first kappa shape index (κ1) is 13.9. The molecule has 3 nitrogen and oxygen atoms in total. The molecule has 2 aliphatic heterocycles. The van der Waals surface area contributed by atoms with Crippen LogP contribution in [0, 0.1) is 0 Å². The SMILES string of the molecule is CC1CCCC(C)N1.CC1CNCCN1C. The van der Waals surface area contributed by atoms with Crippen LogP contribution >= 0.6 is 0 Å². The van der Waals surface area contributed by atoms with Gasteiger partial charge in [-0.2, -0.15) is 0 Å². The Morgan fingerprint density at radius 1 is 1.06 bits per heavy atom. The maximum atomic E-state index is 3.48. The molecule has 0 radical (unpaired) electrons. The Morgan fingerprint density at radius 2 is 1.69 bits per heavy atom. The van der Waals surface area contributed by atoms with Crippen LogP contribution in [-0.4, -0.2) is 49.7 Å². The van der Waals surface area contributed by atoms with Gasteiger partial charge in [0, 0.05) is 37.8 Å². The van der Waals surface area contributed by atoms with E-state index in [0.29, 0.717) is 0 Å². The highest BCUT2D eigenvalue weighted by Gasteiger charge is 2.12. The van der Waals surface area contributed by atoms with E-state index in [4.69, 9.17) is 0 Å². The van der Waals surface area contributed by atoms with Crippen molar-refractivity contribution in [1.29, 1.82) is 0 Å². The summed E-state index contributed by atoms with van der Waals surface area (Å²) in [6, 6.07) is 2.25. The van der Waals surface area contributed by atoms with Gasteiger partial charge >= 0.3 is 0 Å². The Labute approximate surface area is 101 Å². The van der Waals surface area contributed by atoms with Gasteiger partial charge in [0.25, 0.3) is 0 Å². The second-order valence-corrected chi connectivity index (χ2v) is 5.43. The van der Waals surface area contributed by atoms with Gasteiger partial charge in [-0.1, -0.05) is 6.42 Å². The molecule has 0 aromatic heterocycles. The van der Waals surface area contributed by atoms with E-state index in [9.17, 15) is 0 Å². The standard InChI is InChI=1S/C7H15N.C6H14N2/c1-6-4-3-5-7(2)8-6;1-6-5-7-3-4-8(6)2/h6-8H,3-5H2,1-2H3;6-7H,3-5H2,1-2H3. The molecule has 2 rings (SSSR count). The van der Waals surface area contributed by atoms with E-state index in [1.165, 1.54) is 25.8 Å². The average Bonchev–Trinajstić information content (AvgIpc) is 2.23. The molecule has 2 N–H and O–H groups in total. The van der Waals surface area contributed by atoms with Crippen molar-refractivity contribution in [1.82, 2.24) is 15.5 Å². The van der Waals surface area contributed by atoms with Crippen molar-refractivity contribution in [3.05, 3.63) is 0 Å². The van der Waals surface area contributed by atoms with E-state index >= 15 is 0 Å². The molecule has 0 aromatic carbocycles. The summed E-state index contributed by atoms with van der Waals surface area (Å²) >= 11 is 0. The van der Waals surface area contributed by atoms with Crippen LogP contribution in [0.2, 0.25) is 0 Å². The lowest BCUT2D eigenvalue weighted by Crippen LogP contribution is -2.47. The second kappa shape index (κ2) is 7.25. The fourth-order valence-electron chi connectivity index (χ4n) is 2.33. The molecule has 3 unspecified atom stereocenters. The van der Waals surface area contributed by atoms with Crippen molar-refractivity contribution < 1.29 is 0 Å². The van der Waals surface area contributed by atoms with Crippen LogP contribution in [0.5, 0.6) is 0 Å². The summed E-state index contributed by atoms with van der Waals surface area (Å²) in [5.41, 5.74) is 0. The summed E-state index contributed by atoms with van der Waals surface area (Å²) in [6.45, 7) is 10.3. The van der Waals surface area contributed by atoms with Crippen LogP contribution < -0.4 is 10.6 Å². The molecule has 0 aliphatic carbocycles. The van der Waals surface area contributed by atoms with Crippen molar-refractivity contribution in [3.8, 4) is 0 Å². The lowest BCUT2D eigenvalue weighted by molar-refractivity contribution is 0.215. The zero-order valence-corrected chi connectivity index (χ0v) is 11.4. The van der Waals surface area contributed by atoms with Crippen molar-refractivity contribution >= 4 is 0 Å². The molecule has 16 heavy (non-hydrogen) atoms. The highest BCUT2D eigenvalue weighted by atomic mass is 15.2. The molecule has 2 aliphatic rings. The van der Waals surface area contributed by atoms with Gasteiger partial charge in [-0.3, -0.25) is 0 Å². The lowest BCUT2D eigenvalue weighted by Gasteiger charge is -2.29. The Hall–Kier alpha value is -0.120. The number of nitrogens with zero attached hydrogens (tertiary/aromatic N) is 1. The predicted molar refractivity (Wildman–Crippen MR) is 70.9 cm³/mol. The van der Waals surface area contributed by atoms with E-state index in [1.807, 2.05) is 0 Å². The summed E-state index contributed by atoms with van der Waals surface area (Å²) in [4.78, 5) is 2.37. The molecule has 3 atom stereocenters. The largest absolute Gasteiger partial charge is 0.314 e. The first-order chi connectivity index (χ1) is 7.59. The van der Waals surface area contributed by atoms with Crippen molar-refractivity contribution in [2.45, 2.75) is 58.2 Å². The van der Waals surface area contributed by atoms with Gasteiger partial charge in [0.1, 0.15) is 0 Å². The molecular weight excluding hydrogens is 198 g/mol. The quantitative estimate of drug-likeness (QED) is 0.656. The third-order valence-corrected chi connectivity index (χ3v) is 3.68. The number of likely N-dealkylation sites (N-methyl/N-ethyl adjacent to an activating group) is 1. The number of hydrogen-bond acceptors (Lipinski definition) is 3. The molecule has 0 spiro atoms. The first-order valence-electron chi connectivity index (χ1n) is 6.76. The van der Waals surface area contributed by atoms with Crippen LogP contribution in [0.3, 0.4) is 0 Å². The fraction of sp³-hybridized carbons (Fsp3) is 1.00. The third kappa shape index (κ3) is 5.28. The van der Waals surface area contributed by atoms with E-state index < -0.39 is 0 Å². The zero-order chi connectivity index (χ0) is 12.0. The average molecular weight is 227 g/mol. The minimum atomic E-state index is 0.726. The van der Waals surface area contributed by atoms with Gasteiger partial charge in [0.2, 0.25) is 0 Å². The van der Waals surface area contributed by atoms with Crippen molar-refractivity contribution in [3.63, 3.8) is 0 Å². The molecule has 2 fully saturated rings. The minimum absolute atomic E-state index is 0.726. The van der Waals surface area contributed by atoms with Crippen molar-refractivity contribution in [2.24, 2.45) is 0 Å². The van der Waals surface area contributed by atoms with Crippen LogP contribution in [0.1, 0.15) is 40.0 Å². The number of piperidine rings is 1. The third-order valence-electron chi connectivity index (χ3n) is 3.68. The maximum Gasteiger partial charge on any atom is 0.0189 e. The number of piperazine rings is 1. The van der Waals surface area contributed by atoms with E-state index in [1.54, 1.807) is 0 Å². The first-order valence-corrected chi connectivity index (χ1v) is 6.76. The zero-order valence-electron chi connectivity index (χ0n) is 11.4. The summed E-state index contributed by atoms with van der Waals surface area (Å²) in [5.74, 6) is 0. The van der Waals surface area contributed by atoms with Gasteiger partial charge < -0.3 is 15.5 Å². The van der Waals surface area contributed by atoms with Gasteiger partial charge in [-0.05, 0) is 40.7 Å². The van der Waals surface area contributed by atoms with Gasteiger partial charge in [-0.15, -0.1) is 0 Å². The molecule has 2 saturated heterocycles. The Bertz CT molecular complexity index is 166. The van der Waals surface area contributed by atoms with Gasteiger partial charge in [-0.25, -0.2) is 0 Å². The smallest absolute Gasteiger partial charge is 0.0189 e. The van der Waals surface area contributed by atoms with Gasteiger partial charge in [0.15, 0.2) is 0 Å². The predicted octanol–water partition coefficient (Wildman–Crippen LogP) is 1.45. The van der Waals surface area contributed by atoms with E-state index in [0.717, 1.165) is 31.2 Å². The van der Waals surface area contributed by atoms with Gasteiger partial charge in [0.05, 0.1) is 0 Å². The Kier molecular flexibility index (Phi) is 6.32. The number of rotatable bonds is 0. The number of nitrogens with one attached hydrogen (secondary N) is 2. The summed E-state index contributed by atoms with van der Waals surface area (Å²) in [5, 5.41) is 6.80. The normalized spacial score (nSPS) is 36.4. The minimum Gasteiger partial charge on any atom is -0.314 e. The van der Waals surface area contributed by atoms with E-state index in [-0.39, 0.29) is 0 Å². The Balaban J connectivity index is 0.000000160. The molecule has 0 saturated carbocycles. The molecule has 2 heterocycles. The molecule has 0 bridgehead atoms. The molecule has 96 valence electrons. The maximum absolute atomic E-state index is 3.48. The molecule has 0 aromatic rings. The molecule has 0 amide bonds. The van der Waals surface area contributed by atoms with E-state index in [2.05, 4.69) is 43.4 Å². The Morgan fingerprint density at radius 3 is 2.00 bits per heavy atom. The summed E-state index contributed by atoms with van der Waals surface area (Å²) in [7, 11) is 2.17. The van der Waals surface area contributed by atoms with Crippen molar-refractivity contribution in [2.75, 3.05) is 26.7 Å². The second-order valence-electron chi connectivity index (χ2n) is 5.43. The highest BCUT2D eigenvalue weighted by molar-refractivity contribution is 4.73. The highest BCUT2D eigenvalue weighted by Crippen LogP contribution is 2.10. The topological polar surface area (TPSA) is 27.3 Å². The lowest BCUT2D eigenvalue weighted by atomic mass is 10.0. The fourth-order valence-corrected chi connectivity index (χ4v) is 2.33. The monoisotopic (exact) mass is 227 g/mol. The van der Waals surface area contributed by atoms with Crippen LogP contribution in [-0.2, 0) is 0 Å². The van der Waals surface area contributed by atoms with Crippen LogP contribution in [0.25, 0.3) is 0 Å². The van der Waals surface area contributed by atoms with Crippen LogP contribution in [0.4, 0.5) is 0 Å². The summed E-state index contributed by atoms with van der Waals surface area (Å²) < 4.78 is 0. The number of hydrogen-bond donors (Lipinski definition) is 2. The molecule has 3 heteroatoms. The van der Waals surface area contributed by atoms with Crippen LogP contribution in [0.15, 0.2) is 0 Å². The summed E-state index contributed by atoms with van der Waals surface area (Å²) in [6.07, 6.45) is 4.14. The molecular formula is C13H29N3.